The van der Waals surface area contributed by atoms with Crippen LogP contribution in [0.25, 0.3) is 10.8 Å². The van der Waals surface area contributed by atoms with E-state index in [4.69, 9.17) is 10.5 Å². The Morgan fingerprint density at radius 3 is 2.27 bits per heavy atom. The molecule has 0 saturated heterocycles. The fraction of sp³-hybridized carbons (Fsp3) is 0.524. The largest absolute Gasteiger partial charge is 0.490 e. The van der Waals surface area contributed by atoms with Crippen molar-refractivity contribution in [1.29, 1.82) is 0 Å². The highest BCUT2D eigenvalue weighted by Crippen LogP contribution is 2.37. The zero-order chi connectivity index (χ0) is 18.9. The van der Waals surface area contributed by atoms with Crippen LogP contribution in [0.1, 0.15) is 45.1 Å². The summed E-state index contributed by atoms with van der Waals surface area (Å²) in [5.74, 6) is -2.37. The Hall–Kier alpha value is -1.72. The van der Waals surface area contributed by atoms with Crippen molar-refractivity contribution >= 4 is 10.8 Å². The van der Waals surface area contributed by atoms with Crippen molar-refractivity contribution in [2.75, 3.05) is 6.61 Å². The summed E-state index contributed by atoms with van der Waals surface area (Å²) in [5, 5.41) is 11.5. The van der Waals surface area contributed by atoms with Crippen LogP contribution in [0.5, 0.6) is 5.75 Å². The van der Waals surface area contributed by atoms with E-state index in [1.807, 2.05) is 36.4 Å². The average molecular weight is 363 g/mol. The third-order valence-electron chi connectivity index (χ3n) is 5.49. The number of aliphatic hydroxyl groups excluding tert-OH is 1. The van der Waals surface area contributed by atoms with Crippen LogP contribution in [-0.4, -0.2) is 23.7 Å². The lowest BCUT2D eigenvalue weighted by Gasteiger charge is -2.32. The van der Waals surface area contributed by atoms with Crippen LogP contribution < -0.4 is 10.5 Å². The van der Waals surface area contributed by atoms with Crippen molar-refractivity contribution in [3.8, 4) is 5.75 Å². The van der Waals surface area contributed by atoms with Gasteiger partial charge in [-0.25, -0.2) is 8.78 Å². The molecule has 2 aromatic rings. The van der Waals surface area contributed by atoms with Gasteiger partial charge in [0, 0.05) is 5.92 Å². The number of alkyl halides is 2. The van der Waals surface area contributed by atoms with Gasteiger partial charge in [-0.3, -0.25) is 0 Å². The van der Waals surface area contributed by atoms with Gasteiger partial charge in [0.2, 0.25) is 5.92 Å². The topological polar surface area (TPSA) is 55.5 Å². The molecular formula is C21H27F2NO2. The molecule has 3 nitrogen and oxygen atoms in total. The van der Waals surface area contributed by atoms with Gasteiger partial charge in [-0.05, 0) is 74.1 Å². The summed E-state index contributed by atoms with van der Waals surface area (Å²) in [6.07, 6.45) is 2.31. The van der Waals surface area contributed by atoms with E-state index in [0.29, 0.717) is 25.7 Å². The van der Waals surface area contributed by atoms with Crippen molar-refractivity contribution in [1.82, 2.24) is 0 Å². The van der Waals surface area contributed by atoms with Gasteiger partial charge in [-0.2, -0.15) is 0 Å². The van der Waals surface area contributed by atoms with Crippen LogP contribution in [-0.2, 0) is 5.54 Å². The van der Waals surface area contributed by atoms with Crippen LogP contribution in [0.2, 0.25) is 0 Å². The summed E-state index contributed by atoms with van der Waals surface area (Å²) < 4.78 is 32.9. The Morgan fingerprint density at radius 2 is 1.65 bits per heavy atom. The second-order valence-electron chi connectivity index (χ2n) is 7.85. The number of hydrogen-bond acceptors (Lipinski definition) is 3. The molecule has 5 heteroatoms. The van der Waals surface area contributed by atoms with Crippen molar-refractivity contribution in [2.24, 2.45) is 11.7 Å². The number of halogens is 2. The van der Waals surface area contributed by atoms with E-state index in [0.717, 1.165) is 29.0 Å². The maximum atomic E-state index is 13.4. The summed E-state index contributed by atoms with van der Waals surface area (Å²) in [5.41, 5.74) is 6.20. The third-order valence-corrected chi connectivity index (χ3v) is 5.49. The first-order valence-electron chi connectivity index (χ1n) is 9.17. The van der Waals surface area contributed by atoms with Gasteiger partial charge in [-0.1, -0.05) is 18.2 Å². The van der Waals surface area contributed by atoms with Crippen molar-refractivity contribution in [3.05, 3.63) is 42.0 Å². The average Bonchev–Trinajstić information content (AvgIpc) is 2.61. The molecule has 26 heavy (non-hydrogen) atoms. The minimum atomic E-state index is -2.60. The molecule has 3 rings (SSSR count). The standard InChI is InChI=1S/C21H27F2NO2/c1-20(24,13-25)17-5-3-15-12-19(8-4-14(15)11-17)26-18-9-6-16(7-10-18)21(2,22)23/h3-5,8,11-12,16,18,25H,6-7,9-10,13,24H2,1-2H3. The monoisotopic (exact) mass is 363 g/mol. The molecule has 1 atom stereocenters. The second-order valence-corrected chi connectivity index (χ2v) is 7.85. The van der Waals surface area contributed by atoms with E-state index < -0.39 is 17.4 Å². The van der Waals surface area contributed by atoms with E-state index >= 15 is 0 Å². The van der Waals surface area contributed by atoms with Gasteiger partial charge in [0.25, 0.3) is 0 Å². The normalized spacial score (nSPS) is 23.6. The lowest BCUT2D eigenvalue weighted by molar-refractivity contribution is -0.0630. The number of rotatable bonds is 5. The number of aliphatic hydroxyl groups is 1. The molecule has 0 radical (unpaired) electrons. The quantitative estimate of drug-likeness (QED) is 0.816. The number of hydrogen-bond donors (Lipinski definition) is 2. The van der Waals surface area contributed by atoms with Crippen molar-refractivity contribution in [2.45, 2.75) is 57.1 Å². The molecule has 0 heterocycles. The van der Waals surface area contributed by atoms with Crippen LogP contribution in [0, 0.1) is 5.92 Å². The molecule has 1 aliphatic carbocycles. The number of ether oxygens (including phenoxy) is 1. The Kier molecular flexibility index (Phi) is 5.22. The Bertz CT molecular complexity index is 762. The van der Waals surface area contributed by atoms with E-state index in [1.165, 1.54) is 0 Å². The van der Waals surface area contributed by atoms with Gasteiger partial charge in [0.15, 0.2) is 0 Å². The fourth-order valence-electron chi connectivity index (χ4n) is 3.62. The maximum absolute atomic E-state index is 13.4. The zero-order valence-corrected chi connectivity index (χ0v) is 15.3. The van der Waals surface area contributed by atoms with Gasteiger partial charge >= 0.3 is 0 Å². The van der Waals surface area contributed by atoms with Gasteiger partial charge in [0.1, 0.15) is 5.75 Å². The molecule has 0 spiro atoms. The lowest BCUT2D eigenvalue weighted by Crippen LogP contribution is -2.36. The summed E-state index contributed by atoms with van der Waals surface area (Å²) in [6.45, 7) is 2.68. The molecule has 3 N–H and O–H groups in total. The van der Waals surface area contributed by atoms with Crippen LogP contribution in [0.4, 0.5) is 8.78 Å². The molecule has 0 bridgehead atoms. The van der Waals surface area contributed by atoms with Crippen LogP contribution >= 0.6 is 0 Å². The minimum absolute atomic E-state index is 0.00737. The fourth-order valence-corrected chi connectivity index (χ4v) is 3.62. The summed E-state index contributed by atoms with van der Waals surface area (Å²) in [6, 6.07) is 11.7. The first-order valence-corrected chi connectivity index (χ1v) is 9.17. The highest BCUT2D eigenvalue weighted by Gasteiger charge is 2.37. The maximum Gasteiger partial charge on any atom is 0.248 e. The molecule has 1 saturated carbocycles. The second kappa shape index (κ2) is 7.12. The Morgan fingerprint density at radius 1 is 1.04 bits per heavy atom. The van der Waals surface area contributed by atoms with Gasteiger partial charge < -0.3 is 15.6 Å². The van der Waals surface area contributed by atoms with Crippen LogP contribution in [0.3, 0.4) is 0 Å². The highest BCUT2D eigenvalue weighted by molar-refractivity contribution is 5.84. The Labute approximate surface area is 153 Å². The molecule has 0 aromatic heterocycles. The van der Waals surface area contributed by atoms with E-state index in [-0.39, 0.29) is 12.7 Å². The number of fused-ring (bicyclic) bond motifs is 1. The van der Waals surface area contributed by atoms with Crippen molar-refractivity contribution in [3.63, 3.8) is 0 Å². The van der Waals surface area contributed by atoms with E-state index in [9.17, 15) is 13.9 Å². The lowest BCUT2D eigenvalue weighted by atomic mass is 9.84. The van der Waals surface area contributed by atoms with Crippen molar-refractivity contribution < 1.29 is 18.6 Å². The smallest absolute Gasteiger partial charge is 0.248 e. The Balaban J connectivity index is 1.69. The summed E-state index contributed by atoms with van der Waals surface area (Å²) in [4.78, 5) is 0. The summed E-state index contributed by atoms with van der Waals surface area (Å²) in [7, 11) is 0. The predicted octanol–water partition coefficient (Wildman–Crippen LogP) is 4.60. The SMILES string of the molecule is CC(N)(CO)c1ccc2cc(OC3CCC(C(C)(F)F)CC3)ccc2c1. The first kappa shape index (κ1) is 19.1. The van der Waals surface area contributed by atoms with Gasteiger partial charge in [-0.15, -0.1) is 0 Å². The molecule has 1 fully saturated rings. The summed E-state index contributed by atoms with van der Waals surface area (Å²) >= 11 is 0. The molecule has 1 aliphatic rings. The van der Waals surface area contributed by atoms with E-state index in [2.05, 4.69) is 0 Å². The number of benzene rings is 2. The molecule has 1 unspecified atom stereocenters. The zero-order valence-electron chi connectivity index (χ0n) is 15.3. The molecule has 2 aromatic carbocycles. The van der Waals surface area contributed by atoms with Crippen LogP contribution in [0.15, 0.2) is 36.4 Å². The predicted molar refractivity (Wildman–Crippen MR) is 99.6 cm³/mol. The first-order chi connectivity index (χ1) is 12.2. The number of nitrogens with two attached hydrogens (primary N) is 1. The third kappa shape index (κ3) is 4.15. The van der Waals surface area contributed by atoms with E-state index in [1.54, 1.807) is 6.92 Å². The molecule has 142 valence electrons. The molecule has 0 amide bonds. The highest BCUT2D eigenvalue weighted by atomic mass is 19.3. The molecular weight excluding hydrogens is 336 g/mol. The van der Waals surface area contributed by atoms with Gasteiger partial charge in [0.05, 0.1) is 18.2 Å². The molecule has 0 aliphatic heterocycles. The minimum Gasteiger partial charge on any atom is -0.490 e.